The normalized spacial score (nSPS) is 23.0. The number of benzene rings is 1. The van der Waals surface area contributed by atoms with Gasteiger partial charge >= 0.3 is 0 Å². The van der Waals surface area contributed by atoms with E-state index in [0.29, 0.717) is 30.6 Å². The summed E-state index contributed by atoms with van der Waals surface area (Å²) in [6.07, 6.45) is 3.13. The number of para-hydroxylation sites is 1. The number of nitrogens with zero attached hydrogens (tertiary/aromatic N) is 3. The lowest BCUT2D eigenvalue weighted by atomic mass is 10.3. The molecule has 1 saturated carbocycles. The third-order valence-electron chi connectivity index (χ3n) is 4.43. The molecule has 1 aliphatic heterocycles. The highest BCUT2D eigenvalue weighted by Crippen LogP contribution is 2.42. The number of fused-ring (bicyclic) bond motifs is 1. The van der Waals surface area contributed by atoms with E-state index < -0.39 is 10.0 Å². The first-order valence-corrected chi connectivity index (χ1v) is 9.31. The maximum Gasteiger partial charge on any atom is 0.271 e. The fourth-order valence-electron chi connectivity index (χ4n) is 3.04. The van der Waals surface area contributed by atoms with Crippen molar-refractivity contribution in [2.75, 3.05) is 10.9 Å². The van der Waals surface area contributed by atoms with Gasteiger partial charge in [0.1, 0.15) is 0 Å². The van der Waals surface area contributed by atoms with Crippen LogP contribution >= 0.6 is 0 Å². The molecule has 2 aliphatic rings. The second-order valence-corrected chi connectivity index (χ2v) is 7.94. The molecule has 1 aliphatic carbocycles. The molecule has 0 amide bonds. The standard InChI is InChI=1S/C16H19N3O3S/c1-12-10-14(12)19(13-6-3-2-4-7-13)23(20,21)15-11-17-18-8-5-9-22-16(15)18/h2-4,6-7,11-12,14H,5,8-10H2,1H3/t12-,14+/m0/s1. The molecule has 4 rings (SSSR count). The lowest BCUT2D eigenvalue weighted by Gasteiger charge is -2.25. The lowest BCUT2D eigenvalue weighted by molar-refractivity contribution is 0.224. The van der Waals surface area contributed by atoms with Crippen molar-refractivity contribution < 1.29 is 13.2 Å². The van der Waals surface area contributed by atoms with Crippen LogP contribution in [0.3, 0.4) is 0 Å². The Balaban J connectivity index is 1.80. The average molecular weight is 333 g/mol. The Labute approximate surface area is 135 Å². The van der Waals surface area contributed by atoms with Crippen LogP contribution in [0.15, 0.2) is 41.4 Å². The van der Waals surface area contributed by atoms with Gasteiger partial charge in [-0.15, -0.1) is 0 Å². The SMILES string of the molecule is C[C@H]1C[C@H]1N(c1ccccc1)S(=O)(=O)c1cnn2c1OCCC2. The van der Waals surface area contributed by atoms with Gasteiger partial charge in [0.2, 0.25) is 5.88 Å². The number of aryl methyl sites for hydroxylation is 1. The van der Waals surface area contributed by atoms with E-state index in [1.165, 1.54) is 10.5 Å². The quantitative estimate of drug-likeness (QED) is 0.861. The molecule has 1 fully saturated rings. The second kappa shape index (κ2) is 5.26. The maximum atomic E-state index is 13.3. The molecule has 1 aromatic carbocycles. The minimum atomic E-state index is -3.70. The van der Waals surface area contributed by atoms with Crippen molar-refractivity contribution in [3.05, 3.63) is 36.5 Å². The molecule has 0 spiro atoms. The summed E-state index contributed by atoms with van der Waals surface area (Å²) in [6, 6.07) is 9.26. The minimum absolute atomic E-state index is 0.00143. The Kier molecular flexibility index (Phi) is 3.33. The summed E-state index contributed by atoms with van der Waals surface area (Å²) in [7, 11) is -3.70. The molecule has 0 N–H and O–H groups in total. The van der Waals surface area contributed by atoms with E-state index in [-0.39, 0.29) is 10.9 Å². The van der Waals surface area contributed by atoms with Gasteiger partial charge in [0, 0.05) is 19.0 Å². The van der Waals surface area contributed by atoms with Crippen molar-refractivity contribution in [3.8, 4) is 5.88 Å². The third kappa shape index (κ3) is 2.39. The first-order chi connectivity index (χ1) is 11.1. The summed E-state index contributed by atoms with van der Waals surface area (Å²) in [5.74, 6) is 0.725. The van der Waals surface area contributed by atoms with Crippen molar-refractivity contribution in [2.45, 2.75) is 37.2 Å². The third-order valence-corrected chi connectivity index (χ3v) is 6.26. The van der Waals surface area contributed by atoms with E-state index in [2.05, 4.69) is 12.0 Å². The molecule has 0 saturated heterocycles. The first kappa shape index (κ1) is 14.6. The molecule has 0 bridgehead atoms. The van der Waals surface area contributed by atoms with Crippen LogP contribution < -0.4 is 9.04 Å². The van der Waals surface area contributed by atoms with Crippen LogP contribution in [0.2, 0.25) is 0 Å². The van der Waals surface area contributed by atoms with Gasteiger partial charge < -0.3 is 4.74 Å². The lowest BCUT2D eigenvalue weighted by Crippen LogP contribution is -2.34. The Bertz CT molecular complexity index is 816. The van der Waals surface area contributed by atoms with Gasteiger partial charge in [-0.3, -0.25) is 4.31 Å². The van der Waals surface area contributed by atoms with Gasteiger partial charge in [0.25, 0.3) is 10.0 Å². The number of sulfonamides is 1. The molecular formula is C16H19N3O3S. The van der Waals surface area contributed by atoms with Crippen molar-refractivity contribution in [2.24, 2.45) is 5.92 Å². The van der Waals surface area contributed by atoms with Crippen molar-refractivity contribution in [1.29, 1.82) is 0 Å². The minimum Gasteiger partial charge on any atom is -0.477 e. The Morgan fingerprint density at radius 2 is 2.04 bits per heavy atom. The monoisotopic (exact) mass is 333 g/mol. The topological polar surface area (TPSA) is 64.4 Å². The number of hydrogen-bond acceptors (Lipinski definition) is 4. The predicted molar refractivity (Wildman–Crippen MR) is 86.0 cm³/mol. The number of anilines is 1. The van der Waals surface area contributed by atoms with Crippen LogP contribution in [0.5, 0.6) is 5.88 Å². The van der Waals surface area contributed by atoms with Gasteiger partial charge in [-0.25, -0.2) is 13.1 Å². The molecule has 2 atom stereocenters. The molecule has 0 radical (unpaired) electrons. The number of hydrogen-bond donors (Lipinski definition) is 0. The van der Waals surface area contributed by atoms with Crippen LogP contribution in [0.25, 0.3) is 0 Å². The molecule has 7 heteroatoms. The van der Waals surface area contributed by atoms with Gasteiger partial charge in [-0.05, 0) is 24.5 Å². The molecule has 0 unspecified atom stereocenters. The number of ether oxygens (including phenoxy) is 1. The van der Waals surface area contributed by atoms with Crippen LogP contribution in [0, 0.1) is 5.92 Å². The van der Waals surface area contributed by atoms with Gasteiger partial charge in [-0.1, -0.05) is 25.1 Å². The van der Waals surface area contributed by atoms with Crippen LogP contribution in [-0.4, -0.2) is 30.8 Å². The van der Waals surface area contributed by atoms with Crippen LogP contribution in [0.4, 0.5) is 5.69 Å². The molecule has 2 heterocycles. The second-order valence-electron chi connectivity index (χ2n) is 6.16. The van der Waals surface area contributed by atoms with Crippen molar-refractivity contribution in [3.63, 3.8) is 0 Å². The summed E-state index contributed by atoms with van der Waals surface area (Å²) in [5, 5.41) is 4.18. The average Bonchev–Trinajstić information content (AvgIpc) is 3.10. The van der Waals surface area contributed by atoms with E-state index in [0.717, 1.165) is 12.8 Å². The summed E-state index contributed by atoms with van der Waals surface area (Å²) in [4.78, 5) is 0.167. The first-order valence-electron chi connectivity index (χ1n) is 7.87. The summed E-state index contributed by atoms with van der Waals surface area (Å²) >= 11 is 0. The zero-order valence-corrected chi connectivity index (χ0v) is 13.7. The molecular weight excluding hydrogens is 314 g/mol. The van der Waals surface area contributed by atoms with Crippen LogP contribution in [-0.2, 0) is 16.6 Å². The predicted octanol–water partition coefficient (Wildman–Crippen LogP) is 2.27. The van der Waals surface area contributed by atoms with Crippen LogP contribution in [0.1, 0.15) is 19.8 Å². The Hall–Kier alpha value is -2.02. The highest BCUT2D eigenvalue weighted by molar-refractivity contribution is 7.93. The number of rotatable bonds is 4. The van der Waals surface area contributed by atoms with Gasteiger partial charge in [0.05, 0.1) is 18.5 Å². The Morgan fingerprint density at radius 3 is 2.74 bits per heavy atom. The van der Waals surface area contributed by atoms with E-state index in [1.807, 2.05) is 30.3 Å². The fraction of sp³-hybridized carbons (Fsp3) is 0.438. The summed E-state index contributed by atoms with van der Waals surface area (Å²) < 4.78 is 35.3. The van der Waals surface area contributed by atoms with E-state index in [4.69, 9.17) is 4.74 Å². The Morgan fingerprint density at radius 1 is 1.30 bits per heavy atom. The molecule has 122 valence electrons. The van der Waals surface area contributed by atoms with Crippen molar-refractivity contribution in [1.82, 2.24) is 9.78 Å². The maximum absolute atomic E-state index is 13.3. The van der Waals surface area contributed by atoms with Gasteiger partial charge in [0.15, 0.2) is 4.90 Å². The van der Waals surface area contributed by atoms with E-state index >= 15 is 0 Å². The van der Waals surface area contributed by atoms with E-state index in [1.54, 1.807) is 4.68 Å². The molecule has 2 aromatic rings. The zero-order chi connectivity index (χ0) is 16.0. The molecule has 6 nitrogen and oxygen atoms in total. The molecule has 23 heavy (non-hydrogen) atoms. The smallest absolute Gasteiger partial charge is 0.271 e. The number of aromatic nitrogens is 2. The molecule has 1 aromatic heterocycles. The summed E-state index contributed by atoms with van der Waals surface area (Å²) in [6.45, 7) is 3.29. The van der Waals surface area contributed by atoms with Crippen molar-refractivity contribution >= 4 is 15.7 Å². The highest BCUT2D eigenvalue weighted by Gasteiger charge is 2.46. The largest absolute Gasteiger partial charge is 0.477 e. The van der Waals surface area contributed by atoms with Gasteiger partial charge in [-0.2, -0.15) is 5.10 Å². The zero-order valence-electron chi connectivity index (χ0n) is 12.9. The fourth-order valence-corrected chi connectivity index (χ4v) is 4.87. The summed E-state index contributed by atoms with van der Waals surface area (Å²) in [5.41, 5.74) is 0.692. The van der Waals surface area contributed by atoms with E-state index in [9.17, 15) is 8.42 Å². The highest BCUT2D eigenvalue weighted by atomic mass is 32.2.